The Morgan fingerprint density at radius 1 is 0.935 bits per heavy atom. The number of para-hydroxylation sites is 1. The number of imidazole rings is 1. The van der Waals surface area contributed by atoms with E-state index in [9.17, 15) is 10.1 Å². The molecule has 0 bridgehead atoms. The van der Waals surface area contributed by atoms with Gasteiger partial charge in [-0.15, -0.1) is 0 Å². The van der Waals surface area contributed by atoms with Gasteiger partial charge in [0.1, 0.15) is 0 Å². The highest BCUT2D eigenvalue weighted by Gasteiger charge is 2.26. The van der Waals surface area contributed by atoms with Gasteiger partial charge in [-0.25, -0.2) is 4.98 Å². The predicted molar refractivity (Wildman–Crippen MR) is 121 cm³/mol. The van der Waals surface area contributed by atoms with E-state index in [-0.39, 0.29) is 5.91 Å². The van der Waals surface area contributed by atoms with Crippen LogP contribution in [0.15, 0.2) is 109 Å². The first-order valence-corrected chi connectivity index (χ1v) is 9.87. The smallest absolute Gasteiger partial charge is 0.298 e. The van der Waals surface area contributed by atoms with Gasteiger partial charge in [-0.05, 0) is 23.3 Å². The SMILES string of the molecule is N#C/C=C(/c1ccccc1)N(C(=O)c1nccn1Cc1ccccc1)c1ccccc1. The first-order chi connectivity index (χ1) is 15.3. The van der Waals surface area contributed by atoms with Crippen molar-refractivity contribution in [3.63, 3.8) is 0 Å². The number of benzene rings is 3. The van der Waals surface area contributed by atoms with E-state index in [0.29, 0.717) is 23.8 Å². The van der Waals surface area contributed by atoms with Crippen LogP contribution in [0.5, 0.6) is 0 Å². The molecule has 31 heavy (non-hydrogen) atoms. The lowest BCUT2D eigenvalue weighted by Crippen LogP contribution is -2.32. The molecule has 1 aromatic heterocycles. The number of nitrogens with zero attached hydrogens (tertiary/aromatic N) is 4. The fourth-order valence-corrected chi connectivity index (χ4v) is 3.40. The fraction of sp³-hybridized carbons (Fsp3) is 0.0385. The van der Waals surface area contributed by atoms with Crippen LogP contribution in [-0.2, 0) is 6.54 Å². The third-order valence-electron chi connectivity index (χ3n) is 4.83. The van der Waals surface area contributed by atoms with Crippen molar-refractivity contribution in [3.05, 3.63) is 126 Å². The average Bonchev–Trinajstić information content (AvgIpc) is 3.29. The summed E-state index contributed by atoms with van der Waals surface area (Å²) in [5.41, 5.74) is 2.99. The lowest BCUT2D eigenvalue weighted by molar-refractivity contribution is 0.0986. The van der Waals surface area contributed by atoms with Crippen LogP contribution in [0, 0.1) is 11.3 Å². The van der Waals surface area contributed by atoms with Gasteiger partial charge in [-0.3, -0.25) is 9.69 Å². The first-order valence-electron chi connectivity index (χ1n) is 9.87. The van der Waals surface area contributed by atoms with Gasteiger partial charge in [0.2, 0.25) is 0 Å². The zero-order valence-electron chi connectivity index (χ0n) is 16.8. The Balaban J connectivity index is 1.79. The molecule has 0 saturated heterocycles. The molecule has 0 atom stereocenters. The lowest BCUT2D eigenvalue weighted by atomic mass is 10.1. The number of rotatable bonds is 6. The molecule has 4 aromatic rings. The third-order valence-corrected chi connectivity index (χ3v) is 4.83. The molecule has 3 aromatic carbocycles. The van der Waals surface area contributed by atoms with Crippen LogP contribution in [0.1, 0.15) is 21.7 Å². The Hall–Kier alpha value is -4.43. The molecule has 0 fully saturated rings. The molecule has 150 valence electrons. The topological polar surface area (TPSA) is 61.9 Å². The highest BCUT2D eigenvalue weighted by atomic mass is 16.2. The van der Waals surface area contributed by atoms with Crippen molar-refractivity contribution in [1.29, 1.82) is 5.26 Å². The monoisotopic (exact) mass is 404 g/mol. The molecule has 5 nitrogen and oxygen atoms in total. The van der Waals surface area contributed by atoms with Gasteiger partial charge in [0.15, 0.2) is 5.82 Å². The molecule has 5 heteroatoms. The van der Waals surface area contributed by atoms with Crippen molar-refractivity contribution in [2.45, 2.75) is 6.54 Å². The van der Waals surface area contributed by atoms with E-state index in [0.717, 1.165) is 11.1 Å². The number of nitriles is 1. The van der Waals surface area contributed by atoms with Crippen LogP contribution >= 0.6 is 0 Å². The molecule has 1 heterocycles. The van der Waals surface area contributed by atoms with Gasteiger partial charge in [0.25, 0.3) is 5.91 Å². The maximum atomic E-state index is 13.8. The quantitative estimate of drug-likeness (QED) is 0.418. The Morgan fingerprint density at radius 3 is 2.19 bits per heavy atom. The van der Waals surface area contributed by atoms with Crippen LogP contribution in [0.25, 0.3) is 5.70 Å². The van der Waals surface area contributed by atoms with Crippen molar-refractivity contribution in [2.75, 3.05) is 4.90 Å². The second-order valence-corrected chi connectivity index (χ2v) is 6.87. The van der Waals surface area contributed by atoms with Gasteiger partial charge in [-0.2, -0.15) is 5.26 Å². The van der Waals surface area contributed by atoms with Gasteiger partial charge < -0.3 is 4.57 Å². The lowest BCUT2D eigenvalue weighted by Gasteiger charge is -2.25. The van der Waals surface area contributed by atoms with Crippen molar-refractivity contribution in [2.24, 2.45) is 0 Å². The summed E-state index contributed by atoms with van der Waals surface area (Å²) in [6.45, 7) is 0.521. The van der Waals surface area contributed by atoms with E-state index in [1.807, 2.05) is 95.6 Å². The number of carbonyl (C=O) groups is 1. The largest absolute Gasteiger partial charge is 0.322 e. The molecule has 0 N–H and O–H groups in total. The third kappa shape index (κ3) is 4.44. The summed E-state index contributed by atoms with van der Waals surface area (Å²) >= 11 is 0. The maximum Gasteiger partial charge on any atom is 0.298 e. The molecule has 0 aliphatic rings. The number of carbonyl (C=O) groups excluding carboxylic acids is 1. The second kappa shape index (κ2) is 9.38. The van der Waals surface area contributed by atoms with Gasteiger partial charge in [0, 0.05) is 30.7 Å². The summed E-state index contributed by atoms with van der Waals surface area (Å²) < 4.78 is 1.82. The normalized spacial score (nSPS) is 11.0. The van der Waals surface area contributed by atoms with E-state index in [4.69, 9.17) is 0 Å². The molecule has 0 radical (unpaired) electrons. The molecule has 0 aliphatic heterocycles. The molecule has 0 saturated carbocycles. The molecular weight excluding hydrogens is 384 g/mol. The zero-order valence-corrected chi connectivity index (χ0v) is 16.8. The van der Waals surface area contributed by atoms with E-state index in [1.165, 1.54) is 6.08 Å². The van der Waals surface area contributed by atoms with E-state index in [2.05, 4.69) is 11.1 Å². The van der Waals surface area contributed by atoms with E-state index >= 15 is 0 Å². The Labute approximate surface area is 181 Å². The Kier molecular flexibility index (Phi) is 6.01. The first kappa shape index (κ1) is 19.9. The van der Waals surface area contributed by atoms with Gasteiger partial charge in [-0.1, -0.05) is 78.9 Å². The van der Waals surface area contributed by atoms with Crippen LogP contribution in [0.2, 0.25) is 0 Å². The minimum absolute atomic E-state index is 0.299. The van der Waals surface area contributed by atoms with Crippen molar-refractivity contribution >= 4 is 17.3 Å². The number of anilines is 1. The minimum Gasteiger partial charge on any atom is -0.322 e. The molecule has 4 rings (SSSR count). The Morgan fingerprint density at radius 2 is 1.55 bits per heavy atom. The highest BCUT2D eigenvalue weighted by molar-refractivity contribution is 6.13. The Bertz CT molecular complexity index is 1220. The van der Waals surface area contributed by atoms with Crippen LogP contribution in [-0.4, -0.2) is 15.5 Å². The zero-order chi connectivity index (χ0) is 21.5. The number of hydrogen-bond acceptors (Lipinski definition) is 3. The maximum absolute atomic E-state index is 13.8. The van der Waals surface area contributed by atoms with Gasteiger partial charge >= 0.3 is 0 Å². The van der Waals surface area contributed by atoms with E-state index < -0.39 is 0 Å². The number of aromatic nitrogens is 2. The highest BCUT2D eigenvalue weighted by Crippen LogP contribution is 2.28. The summed E-state index contributed by atoms with van der Waals surface area (Å²) in [5, 5.41) is 9.47. The van der Waals surface area contributed by atoms with Gasteiger partial charge in [0.05, 0.1) is 11.8 Å². The van der Waals surface area contributed by atoms with Crippen LogP contribution in [0.3, 0.4) is 0 Å². The van der Waals surface area contributed by atoms with Crippen molar-refractivity contribution in [3.8, 4) is 6.07 Å². The summed E-state index contributed by atoms with van der Waals surface area (Å²) in [6, 6.07) is 30.7. The minimum atomic E-state index is -0.308. The van der Waals surface area contributed by atoms with E-state index in [1.54, 1.807) is 17.3 Å². The summed E-state index contributed by atoms with van der Waals surface area (Å²) in [5.74, 6) is -0.00930. The fourth-order valence-electron chi connectivity index (χ4n) is 3.40. The molecule has 0 unspecified atom stereocenters. The summed E-state index contributed by atoms with van der Waals surface area (Å²) in [4.78, 5) is 19.7. The molecular formula is C26H20N4O. The summed E-state index contributed by atoms with van der Waals surface area (Å²) in [6.07, 6.45) is 4.81. The molecule has 0 spiro atoms. The van der Waals surface area contributed by atoms with Crippen molar-refractivity contribution in [1.82, 2.24) is 9.55 Å². The summed E-state index contributed by atoms with van der Waals surface area (Å²) in [7, 11) is 0. The average molecular weight is 404 g/mol. The van der Waals surface area contributed by atoms with Crippen LogP contribution in [0.4, 0.5) is 5.69 Å². The number of amides is 1. The van der Waals surface area contributed by atoms with Crippen molar-refractivity contribution < 1.29 is 4.79 Å². The van der Waals surface area contributed by atoms with Crippen LogP contribution < -0.4 is 4.90 Å². The predicted octanol–water partition coefficient (Wildman–Crippen LogP) is 5.14. The number of hydrogen-bond donors (Lipinski definition) is 0. The number of allylic oxidation sites excluding steroid dienone is 1. The standard InChI is InChI=1S/C26H20N4O/c27-17-16-24(22-12-6-2-7-13-22)30(23-14-8-3-9-15-23)26(31)25-28-18-19-29(25)20-21-10-4-1-5-11-21/h1-16,18-19H,20H2/b24-16-. The molecule has 0 aliphatic carbocycles. The second-order valence-electron chi connectivity index (χ2n) is 6.87. The molecule has 1 amide bonds.